The Morgan fingerprint density at radius 2 is 1.36 bits per heavy atom. The van der Waals surface area contributed by atoms with E-state index in [0.29, 0.717) is 30.0 Å². The molecule has 6 heteroatoms. The smallest absolute Gasteiger partial charge is 0.233 e. The monoisotopic (exact) mass is 619 g/mol. The minimum absolute atomic E-state index is 0. The van der Waals surface area contributed by atoms with Gasteiger partial charge >= 0.3 is 0 Å². The van der Waals surface area contributed by atoms with Gasteiger partial charge in [0.05, 0.1) is 18.1 Å². The standard InChI is InChI=1S/C27H27F2NO2.W/c1-17(2)18-3-5-20(6-4-18)26-24(15-16-25(31)19-7-9-21(28)10-8-19)27(32)30(26)23-13-11-22(29)12-14-23;/h3-14,17,24-26,31H,15-16H2,1-2H3;/t24-,25+,26-;/m1./s1. The summed E-state index contributed by atoms with van der Waals surface area (Å²) < 4.78 is 26.6. The van der Waals surface area contributed by atoms with Crippen LogP contribution in [-0.4, -0.2) is 11.0 Å². The summed E-state index contributed by atoms with van der Waals surface area (Å²) in [5.74, 6) is -0.628. The van der Waals surface area contributed by atoms with Crippen molar-refractivity contribution >= 4 is 11.6 Å². The Kier molecular flexibility index (Phi) is 8.20. The number of amides is 1. The van der Waals surface area contributed by atoms with E-state index in [-0.39, 0.29) is 50.6 Å². The number of hydrogen-bond acceptors (Lipinski definition) is 2. The number of aliphatic hydroxyl groups is 1. The fourth-order valence-electron chi connectivity index (χ4n) is 4.37. The van der Waals surface area contributed by atoms with Gasteiger partial charge in [-0.25, -0.2) is 8.78 Å². The predicted molar refractivity (Wildman–Crippen MR) is 121 cm³/mol. The molecule has 3 aromatic rings. The number of benzene rings is 3. The van der Waals surface area contributed by atoms with E-state index in [2.05, 4.69) is 26.0 Å². The summed E-state index contributed by atoms with van der Waals surface area (Å²) in [4.78, 5) is 14.8. The van der Waals surface area contributed by atoms with Gasteiger partial charge in [-0.2, -0.15) is 0 Å². The minimum Gasteiger partial charge on any atom is -0.388 e. The minimum atomic E-state index is -0.771. The number of aliphatic hydroxyl groups excluding tert-OH is 1. The molecule has 0 saturated carbocycles. The SMILES string of the molecule is CC(C)c1ccc([C@@H]2[C@@H](CC[C@H](O)c3ccc(F)cc3)C(=O)N2c2ccc(F)cc2)cc1.[W]. The van der Waals surface area contributed by atoms with E-state index in [1.807, 2.05) is 12.1 Å². The molecule has 0 unspecified atom stereocenters. The number of carbonyl (C=O) groups is 1. The van der Waals surface area contributed by atoms with Crippen molar-refractivity contribution in [1.29, 1.82) is 0 Å². The third-order valence-electron chi connectivity index (χ3n) is 6.27. The van der Waals surface area contributed by atoms with Gasteiger partial charge in [0.25, 0.3) is 0 Å². The van der Waals surface area contributed by atoms with Gasteiger partial charge in [-0.1, -0.05) is 50.2 Å². The number of carbonyl (C=O) groups excluding carboxylic acids is 1. The van der Waals surface area contributed by atoms with Crippen molar-refractivity contribution < 1.29 is 39.7 Å². The zero-order valence-corrected chi connectivity index (χ0v) is 21.6. The third kappa shape index (κ3) is 5.42. The van der Waals surface area contributed by atoms with E-state index in [0.717, 1.165) is 5.56 Å². The van der Waals surface area contributed by atoms with E-state index < -0.39 is 6.10 Å². The number of rotatable bonds is 7. The van der Waals surface area contributed by atoms with Crippen molar-refractivity contribution in [3.8, 4) is 0 Å². The van der Waals surface area contributed by atoms with Crippen molar-refractivity contribution in [2.24, 2.45) is 5.92 Å². The Bertz CT molecular complexity index is 1070. The Hall–Kier alpha value is -2.36. The predicted octanol–water partition coefficient (Wildman–Crippen LogP) is 6.30. The van der Waals surface area contributed by atoms with E-state index in [1.54, 1.807) is 29.2 Å². The fraction of sp³-hybridized carbons (Fsp3) is 0.296. The Morgan fingerprint density at radius 1 is 0.848 bits per heavy atom. The van der Waals surface area contributed by atoms with Crippen LogP contribution in [0.2, 0.25) is 0 Å². The van der Waals surface area contributed by atoms with Crippen LogP contribution < -0.4 is 4.90 Å². The first-order chi connectivity index (χ1) is 15.3. The molecule has 1 heterocycles. The molecule has 1 aliphatic heterocycles. The van der Waals surface area contributed by atoms with Gasteiger partial charge < -0.3 is 10.0 Å². The first-order valence-electron chi connectivity index (χ1n) is 11.0. The van der Waals surface area contributed by atoms with Crippen molar-refractivity contribution in [2.75, 3.05) is 4.90 Å². The first-order valence-corrected chi connectivity index (χ1v) is 11.0. The molecule has 0 aliphatic carbocycles. The van der Waals surface area contributed by atoms with Crippen LogP contribution in [0.3, 0.4) is 0 Å². The first kappa shape index (κ1) is 25.3. The molecule has 3 aromatic carbocycles. The van der Waals surface area contributed by atoms with Crippen molar-refractivity contribution in [3.63, 3.8) is 0 Å². The van der Waals surface area contributed by atoms with Crippen LogP contribution in [0.25, 0.3) is 0 Å². The average Bonchev–Trinajstić information content (AvgIpc) is 2.79. The Labute approximate surface area is 207 Å². The van der Waals surface area contributed by atoms with Crippen molar-refractivity contribution in [2.45, 2.75) is 44.8 Å². The number of hydrogen-bond donors (Lipinski definition) is 1. The topological polar surface area (TPSA) is 40.5 Å². The average molecular weight is 619 g/mol. The number of nitrogens with zero attached hydrogens (tertiary/aromatic N) is 1. The maximum atomic E-state index is 13.4. The summed E-state index contributed by atoms with van der Waals surface area (Å²) in [6.07, 6.45) is 0.109. The van der Waals surface area contributed by atoms with Gasteiger partial charge in [0, 0.05) is 26.8 Å². The number of halogens is 2. The molecule has 3 nitrogen and oxygen atoms in total. The van der Waals surface area contributed by atoms with Gasteiger partial charge in [0.2, 0.25) is 5.91 Å². The Balaban J connectivity index is 0.00000306. The maximum Gasteiger partial charge on any atom is 0.233 e. The van der Waals surface area contributed by atoms with Crippen molar-refractivity contribution in [1.82, 2.24) is 0 Å². The summed E-state index contributed by atoms with van der Waals surface area (Å²) in [6.45, 7) is 4.26. The van der Waals surface area contributed by atoms with E-state index in [4.69, 9.17) is 0 Å². The van der Waals surface area contributed by atoms with Crippen LogP contribution in [-0.2, 0) is 25.9 Å². The molecular formula is C27H27F2NO2W. The molecule has 1 aliphatic rings. The maximum absolute atomic E-state index is 13.4. The second-order valence-electron chi connectivity index (χ2n) is 8.70. The molecular weight excluding hydrogens is 592 g/mol. The van der Waals surface area contributed by atoms with Crippen LogP contribution >= 0.6 is 0 Å². The molecule has 0 spiro atoms. The molecule has 33 heavy (non-hydrogen) atoms. The molecule has 3 atom stereocenters. The molecule has 0 aromatic heterocycles. The molecule has 0 radical (unpaired) electrons. The molecule has 4 rings (SSSR count). The zero-order valence-electron chi connectivity index (χ0n) is 18.6. The Morgan fingerprint density at radius 3 is 1.91 bits per heavy atom. The quantitative estimate of drug-likeness (QED) is 0.316. The van der Waals surface area contributed by atoms with Gasteiger partial charge in [0.1, 0.15) is 11.6 Å². The van der Waals surface area contributed by atoms with E-state index >= 15 is 0 Å². The molecule has 1 fully saturated rings. The molecule has 1 saturated heterocycles. The second-order valence-corrected chi connectivity index (χ2v) is 8.70. The fourth-order valence-corrected chi connectivity index (χ4v) is 4.37. The normalized spacial score (nSPS) is 18.6. The largest absolute Gasteiger partial charge is 0.388 e. The summed E-state index contributed by atoms with van der Waals surface area (Å²) in [5, 5.41) is 10.5. The summed E-state index contributed by atoms with van der Waals surface area (Å²) in [6, 6.07) is 19.8. The van der Waals surface area contributed by atoms with Crippen LogP contribution in [0.1, 0.15) is 61.4 Å². The summed E-state index contributed by atoms with van der Waals surface area (Å²) >= 11 is 0. The summed E-state index contributed by atoms with van der Waals surface area (Å²) in [5.41, 5.74) is 3.52. The van der Waals surface area contributed by atoms with E-state index in [9.17, 15) is 18.7 Å². The van der Waals surface area contributed by atoms with Crippen LogP contribution in [0.4, 0.5) is 14.5 Å². The van der Waals surface area contributed by atoms with Gasteiger partial charge in [0.15, 0.2) is 0 Å². The molecule has 1 amide bonds. The number of anilines is 1. The molecule has 0 bridgehead atoms. The van der Waals surface area contributed by atoms with Gasteiger partial charge in [-0.3, -0.25) is 4.79 Å². The van der Waals surface area contributed by atoms with E-state index in [1.165, 1.54) is 29.8 Å². The van der Waals surface area contributed by atoms with Crippen molar-refractivity contribution in [3.05, 3.63) is 101 Å². The van der Waals surface area contributed by atoms with Gasteiger partial charge in [-0.15, -0.1) is 0 Å². The van der Waals surface area contributed by atoms with Crippen LogP contribution in [0, 0.1) is 17.6 Å². The molecule has 172 valence electrons. The summed E-state index contributed by atoms with van der Waals surface area (Å²) in [7, 11) is 0. The second kappa shape index (κ2) is 10.7. The van der Waals surface area contributed by atoms with Crippen LogP contribution in [0.15, 0.2) is 72.8 Å². The number of β-lactam (4-membered cyclic amide) rings is 1. The molecule has 1 N–H and O–H groups in total. The third-order valence-corrected chi connectivity index (χ3v) is 6.27. The zero-order chi connectivity index (χ0) is 22.8. The van der Waals surface area contributed by atoms with Crippen LogP contribution in [0.5, 0.6) is 0 Å². The van der Waals surface area contributed by atoms with Gasteiger partial charge in [-0.05, 0) is 71.8 Å².